The number of benzene rings is 1. The van der Waals surface area contributed by atoms with E-state index in [1.807, 2.05) is 13.8 Å². The molecule has 4 nitrogen and oxygen atoms in total. The fourth-order valence-corrected chi connectivity index (χ4v) is 2.21. The summed E-state index contributed by atoms with van der Waals surface area (Å²) in [7, 11) is 0. The van der Waals surface area contributed by atoms with E-state index in [1.165, 1.54) is 18.2 Å². The first-order chi connectivity index (χ1) is 9.88. The Labute approximate surface area is 139 Å². The van der Waals surface area contributed by atoms with Crippen molar-refractivity contribution in [2.24, 2.45) is 11.1 Å². The zero-order chi connectivity index (χ0) is 16.0. The maximum absolute atomic E-state index is 12.3. The van der Waals surface area contributed by atoms with Crippen LogP contribution in [-0.2, 0) is 4.79 Å². The fourth-order valence-electron chi connectivity index (χ4n) is 1.99. The van der Waals surface area contributed by atoms with E-state index in [1.54, 1.807) is 0 Å². The van der Waals surface area contributed by atoms with Gasteiger partial charge in [0.25, 0.3) is 0 Å². The molecule has 0 aromatic heterocycles. The molecular formula is C14H20Cl2F2N2O2. The number of hydrogen-bond acceptors (Lipinski definition) is 3. The van der Waals surface area contributed by atoms with E-state index in [9.17, 15) is 13.6 Å². The van der Waals surface area contributed by atoms with Crippen molar-refractivity contribution in [3.63, 3.8) is 0 Å². The van der Waals surface area contributed by atoms with Crippen LogP contribution in [0.15, 0.2) is 18.2 Å². The Morgan fingerprint density at radius 3 is 2.41 bits per heavy atom. The molecule has 0 radical (unpaired) electrons. The van der Waals surface area contributed by atoms with Crippen LogP contribution in [0, 0.1) is 5.41 Å². The highest BCUT2D eigenvalue weighted by atomic mass is 35.5. The molecule has 0 spiro atoms. The van der Waals surface area contributed by atoms with Crippen molar-refractivity contribution in [3.05, 3.63) is 23.2 Å². The van der Waals surface area contributed by atoms with Crippen molar-refractivity contribution < 1.29 is 18.3 Å². The molecule has 22 heavy (non-hydrogen) atoms. The summed E-state index contributed by atoms with van der Waals surface area (Å²) < 4.78 is 28.5. The van der Waals surface area contributed by atoms with Gasteiger partial charge in [0.2, 0.25) is 5.91 Å². The lowest BCUT2D eigenvalue weighted by Gasteiger charge is -2.28. The fraction of sp³-hybridized carbons (Fsp3) is 0.500. The van der Waals surface area contributed by atoms with Crippen LogP contribution in [0.25, 0.3) is 0 Å². The first kappa shape index (κ1) is 20.9. The largest absolute Gasteiger partial charge is 0.433 e. The molecular weight excluding hydrogens is 337 g/mol. The number of amides is 1. The molecule has 0 bridgehead atoms. The number of halogens is 4. The van der Waals surface area contributed by atoms with Gasteiger partial charge in [-0.05, 0) is 31.0 Å². The van der Waals surface area contributed by atoms with Gasteiger partial charge in [-0.25, -0.2) is 0 Å². The van der Waals surface area contributed by atoms with Gasteiger partial charge < -0.3 is 15.8 Å². The second-order valence-electron chi connectivity index (χ2n) is 4.67. The molecule has 0 aliphatic heterocycles. The summed E-state index contributed by atoms with van der Waals surface area (Å²) >= 11 is 5.84. The second-order valence-corrected chi connectivity index (χ2v) is 5.08. The van der Waals surface area contributed by atoms with E-state index in [0.29, 0.717) is 18.5 Å². The van der Waals surface area contributed by atoms with Gasteiger partial charge in [0.15, 0.2) is 0 Å². The van der Waals surface area contributed by atoms with Gasteiger partial charge in [-0.2, -0.15) is 8.78 Å². The maximum Gasteiger partial charge on any atom is 0.387 e. The monoisotopic (exact) mass is 356 g/mol. The quantitative estimate of drug-likeness (QED) is 0.773. The van der Waals surface area contributed by atoms with Crippen molar-refractivity contribution in [2.75, 3.05) is 11.9 Å². The molecule has 0 fully saturated rings. The second kappa shape index (κ2) is 9.12. The highest BCUT2D eigenvalue weighted by molar-refractivity contribution is 6.32. The van der Waals surface area contributed by atoms with Crippen LogP contribution >= 0.6 is 24.0 Å². The number of alkyl halides is 2. The van der Waals surface area contributed by atoms with E-state index in [-0.39, 0.29) is 35.6 Å². The van der Waals surface area contributed by atoms with E-state index >= 15 is 0 Å². The van der Waals surface area contributed by atoms with Gasteiger partial charge in [-0.15, -0.1) is 12.4 Å². The summed E-state index contributed by atoms with van der Waals surface area (Å²) in [6, 6.07) is 4.10. The van der Waals surface area contributed by atoms with E-state index in [4.69, 9.17) is 17.3 Å². The van der Waals surface area contributed by atoms with Crippen LogP contribution in [-0.4, -0.2) is 19.1 Å². The number of nitrogens with two attached hydrogens (primary N) is 1. The molecule has 0 aliphatic carbocycles. The third-order valence-electron chi connectivity index (χ3n) is 3.63. The highest BCUT2D eigenvalue weighted by Gasteiger charge is 2.33. The Morgan fingerprint density at radius 1 is 1.41 bits per heavy atom. The van der Waals surface area contributed by atoms with Gasteiger partial charge >= 0.3 is 6.61 Å². The predicted molar refractivity (Wildman–Crippen MR) is 86.0 cm³/mol. The Bertz CT molecular complexity index is 489. The minimum atomic E-state index is -2.95. The van der Waals surface area contributed by atoms with E-state index < -0.39 is 12.0 Å². The van der Waals surface area contributed by atoms with Gasteiger partial charge in [0.1, 0.15) is 5.75 Å². The van der Waals surface area contributed by atoms with Crippen LogP contribution in [0.2, 0.25) is 5.02 Å². The third-order valence-corrected chi connectivity index (χ3v) is 3.93. The molecule has 0 saturated heterocycles. The predicted octanol–water partition coefficient (Wildman–Crippen LogP) is 4.07. The molecule has 0 aliphatic rings. The summed E-state index contributed by atoms with van der Waals surface area (Å²) in [6.07, 6.45) is 1.21. The Hall–Kier alpha value is -1.11. The highest BCUT2D eigenvalue weighted by Crippen LogP contribution is 2.31. The lowest BCUT2D eigenvalue weighted by Crippen LogP contribution is -2.41. The number of anilines is 1. The van der Waals surface area contributed by atoms with Crippen LogP contribution < -0.4 is 15.8 Å². The molecule has 1 aromatic carbocycles. The first-order valence-corrected chi connectivity index (χ1v) is 7.02. The zero-order valence-corrected chi connectivity index (χ0v) is 13.9. The Kier molecular flexibility index (Phi) is 8.66. The maximum atomic E-state index is 12.3. The van der Waals surface area contributed by atoms with Gasteiger partial charge in [-0.1, -0.05) is 25.4 Å². The number of carbonyl (C=O) groups is 1. The Morgan fingerprint density at radius 2 is 2.00 bits per heavy atom. The SMILES string of the molecule is CCC(CC)(CN)C(=O)Nc1ccc(OC(F)F)c(Cl)c1.Cl. The summed E-state index contributed by atoms with van der Waals surface area (Å²) in [6.45, 7) is 1.06. The van der Waals surface area contributed by atoms with Gasteiger partial charge in [0.05, 0.1) is 10.4 Å². The van der Waals surface area contributed by atoms with Crippen LogP contribution in [0.3, 0.4) is 0 Å². The lowest BCUT2D eigenvalue weighted by molar-refractivity contribution is -0.125. The zero-order valence-electron chi connectivity index (χ0n) is 12.4. The molecule has 1 amide bonds. The van der Waals surface area contributed by atoms with Crippen LogP contribution in [0.4, 0.5) is 14.5 Å². The molecule has 8 heteroatoms. The first-order valence-electron chi connectivity index (χ1n) is 6.64. The molecule has 126 valence electrons. The topological polar surface area (TPSA) is 64.4 Å². The number of hydrogen-bond donors (Lipinski definition) is 2. The summed E-state index contributed by atoms with van der Waals surface area (Å²) in [5, 5.41) is 2.71. The minimum Gasteiger partial charge on any atom is -0.433 e. The normalized spacial score (nSPS) is 11.0. The van der Waals surface area contributed by atoms with Gasteiger partial charge in [-0.3, -0.25) is 4.79 Å². The number of nitrogens with one attached hydrogen (secondary N) is 1. The van der Waals surface area contributed by atoms with Crippen molar-refractivity contribution in [1.82, 2.24) is 0 Å². The molecule has 3 N–H and O–H groups in total. The van der Waals surface area contributed by atoms with Crippen molar-refractivity contribution >= 4 is 35.6 Å². The molecule has 0 saturated carbocycles. The average molecular weight is 357 g/mol. The van der Waals surface area contributed by atoms with Crippen LogP contribution in [0.1, 0.15) is 26.7 Å². The Balaban J connectivity index is 0.00000441. The molecule has 0 atom stereocenters. The summed E-state index contributed by atoms with van der Waals surface area (Å²) in [5.74, 6) is -0.352. The lowest BCUT2D eigenvalue weighted by atomic mass is 9.81. The number of rotatable bonds is 7. The third kappa shape index (κ3) is 4.97. The van der Waals surface area contributed by atoms with Crippen molar-refractivity contribution in [3.8, 4) is 5.75 Å². The van der Waals surface area contributed by atoms with E-state index in [0.717, 1.165) is 0 Å². The minimum absolute atomic E-state index is 0. The van der Waals surface area contributed by atoms with Crippen molar-refractivity contribution in [2.45, 2.75) is 33.3 Å². The summed E-state index contributed by atoms with van der Waals surface area (Å²) in [4.78, 5) is 12.3. The standard InChI is InChI=1S/C14H19ClF2N2O2.ClH/c1-3-14(4-2,8-18)12(20)19-9-5-6-11(10(15)7-9)21-13(16)17;/h5-7,13H,3-4,8,18H2,1-2H3,(H,19,20);1H. The molecule has 0 heterocycles. The summed E-state index contributed by atoms with van der Waals surface area (Å²) in [5.41, 5.74) is 5.46. The molecule has 1 rings (SSSR count). The van der Waals surface area contributed by atoms with Gasteiger partial charge in [0, 0.05) is 12.2 Å². The van der Waals surface area contributed by atoms with Crippen molar-refractivity contribution in [1.29, 1.82) is 0 Å². The number of carbonyl (C=O) groups excluding carboxylic acids is 1. The smallest absolute Gasteiger partial charge is 0.387 e. The van der Waals surface area contributed by atoms with Crippen LogP contribution in [0.5, 0.6) is 5.75 Å². The average Bonchev–Trinajstić information content (AvgIpc) is 2.44. The molecule has 0 unspecified atom stereocenters. The molecule has 1 aromatic rings. The number of ether oxygens (including phenoxy) is 1. The van der Waals surface area contributed by atoms with E-state index in [2.05, 4.69) is 10.1 Å².